The third-order valence-electron chi connectivity index (χ3n) is 3.79. The molecule has 3 aromatic rings. The van der Waals surface area contributed by atoms with Crippen molar-refractivity contribution in [3.8, 4) is 5.75 Å². The molecule has 0 unspecified atom stereocenters. The van der Waals surface area contributed by atoms with Gasteiger partial charge in [0.2, 0.25) is 11.6 Å². The number of nitrogens with zero attached hydrogens (tertiary/aromatic N) is 4. The molecular formula is C18H17N7O4. The zero-order valence-electron chi connectivity index (χ0n) is 15.5. The number of nitro groups is 1. The molecule has 0 atom stereocenters. The molecule has 2 heterocycles. The van der Waals surface area contributed by atoms with Gasteiger partial charge in [-0.15, -0.1) is 0 Å². The number of pyridine rings is 1. The monoisotopic (exact) mass is 395 g/mol. The maximum absolute atomic E-state index is 12.4. The molecule has 0 bridgehead atoms. The van der Waals surface area contributed by atoms with E-state index in [1.807, 2.05) is 0 Å². The van der Waals surface area contributed by atoms with E-state index in [1.54, 1.807) is 49.4 Å². The Labute approximate surface area is 165 Å². The van der Waals surface area contributed by atoms with Crippen molar-refractivity contribution in [1.29, 1.82) is 0 Å². The average molecular weight is 395 g/mol. The number of methoxy groups -OCH3 is 1. The molecule has 0 radical (unpaired) electrons. The fraction of sp³-hybridized carbons (Fsp3) is 0.111. The van der Waals surface area contributed by atoms with E-state index in [2.05, 4.69) is 31.1 Å². The first kappa shape index (κ1) is 19.5. The summed E-state index contributed by atoms with van der Waals surface area (Å²) in [4.78, 5) is 35.4. The number of benzene rings is 1. The second-order valence-electron chi connectivity index (χ2n) is 5.75. The number of anilines is 3. The summed E-state index contributed by atoms with van der Waals surface area (Å²) in [5, 5.41) is 14.4. The van der Waals surface area contributed by atoms with Crippen LogP contribution in [0.5, 0.6) is 5.75 Å². The first-order valence-corrected chi connectivity index (χ1v) is 8.39. The highest BCUT2D eigenvalue weighted by molar-refractivity contribution is 5.97. The Morgan fingerprint density at radius 1 is 1.10 bits per heavy atom. The summed E-state index contributed by atoms with van der Waals surface area (Å²) in [5.74, 6) is -0.0709. The lowest BCUT2D eigenvalue weighted by Gasteiger charge is -2.12. The predicted molar refractivity (Wildman–Crippen MR) is 105 cm³/mol. The molecule has 3 rings (SSSR count). The Kier molecular flexibility index (Phi) is 5.78. The summed E-state index contributed by atoms with van der Waals surface area (Å²) in [6.45, 7) is 1.79. The molecule has 29 heavy (non-hydrogen) atoms. The number of carbonyl (C=O) groups excluding carboxylic acids is 1. The lowest BCUT2D eigenvalue weighted by Crippen LogP contribution is -2.30. The molecule has 0 aliphatic rings. The minimum absolute atomic E-state index is 0.0721. The van der Waals surface area contributed by atoms with E-state index < -0.39 is 16.5 Å². The van der Waals surface area contributed by atoms with Gasteiger partial charge < -0.3 is 10.1 Å². The third-order valence-corrected chi connectivity index (χ3v) is 3.79. The molecule has 3 N–H and O–H groups in total. The van der Waals surface area contributed by atoms with Crippen LogP contribution >= 0.6 is 0 Å². The first-order chi connectivity index (χ1) is 14.0. The number of amides is 1. The highest BCUT2D eigenvalue weighted by Gasteiger charge is 2.24. The number of rotatable bonds is 7. The van der Waals surface area contributed by atoms with Crippen molar-refractivity contribution in [2.75, 3.05) is 17.9 Å². The Hall–Kier alpha value is -4.28. The van der Waals surface area contributed by atoms with E-state index in [0.29, 0.717) is 11.6 Å². The number of ether oxygens (including phenoxy) is 1. The third kappa shape index (κ3) is 4.53. The maximum Gasteiger partial charge on any atom is 0.355 e. The van der Waals surface area contributed by atoms with Crippen molar-refractivity contribution in [3.05, 3.63) is 70.2 Å². The normalized spacial score (nSPS) is 10.1. The van der Waals surface area contributed by atoms with Gasteiger partial charge in [0.25, 0.3) is 5.91 Å². The van der Waals surface area contributed by atoms with Gasteiger partial charge in [-0.1, -0.05) is 18.2 Å². The summed E-state index contributed by atoms with van der Waals surface area (Å²) >= 11 is 0. The second-order valence-corrected chi connectivity index (χ2v) is 5.75. The van der Waals surface area contributed by atoms with E-state index in [1.165, 1.54) is 7.11 Å². The van der Waals surface area contributed by atoms with Gasteiger partial charge in [0.15, 0.2) is 0 Å². The molecule has 0 saturated carbocycles. The molecule has 0 aliphatic heterocycles. The van der Waals surface area contributed by atoms with Gasteiger partial charge in [-0.2, -0.15) is 0 Å². The summed E-state index contributed by atoms with van der Waals surface area (Å²) < 4.78 is 5.14. The molecule has 0 saturated heterocycles. The highest BCUT2D eigenvalue weighted by atomic mass is 16.6. The molecule has 2 aromatic heterocycles. The second kappa shape index (κ2) is 8.61. The quantitative estimate of drug-likeness (QED) is 0.406. The van der Waals surface area contributed by atoms with Gasteiger partial charge >= 0.3 is 5.69 Å². The van der Waals surface area contributed by atoms with Crippen LogP contribution in [0.25, 0.3) is 0 Å². The molecule has 0 aliphatic carbocycles. The first-order valence-electron chi connectivity index (χ1n) is 8.39. The fourth-order valence-corrected chi connectivity index (χ4v) is 2.48. The number of aromatic nitrogens is 3. The molecule has 11 nitrogen and oxygen atoms in total. The predicted octanol–water partition coefficient (Wildman–Crippen LogP) is 2.60. The Morgan fingerprint density at radius 2 is 1.86 bits per heavy atom. The Bertz CT molecular complexity index is 1060. The number of hydrazine groups is 1. The average Bonchev–Trinajstić information content (AvgIpc) is 2.71. The number of para-hydroxylation sites is 1. The lowest BCUT2D eigenvalue weighted by atomic mass is 10.2. The Morgan fingerprint density at radius 3 is 2.59 bits per heavy atom. The molecule has 148 valence electrons. The zero-order valence-corrected chi connectivity index (χ0v) is 15.5. The molecule has 1 amide bonds. The highest BCUT2D eigenvalue weighted by Crippen LogP contribution is 2.30. The van der Waals surface area contributed by atoms with E-state index in [0.717, 1.165) is 12.0 Å². The zero-order chi connectivity index (χ0) is 20.8. The van der Waals surface area contributed by atoms with Gasteiger partial charge in [0, 0.05) is 5.69 Å². The van der Waals surface area contributed by atoms with Crippen molar-refractivity contribution in [3.63, 3.8) is 0 Å². The van der Waals surface area contributed by atoms with Gasteiger partial charge in [-0.05, 0) is 31.2 Å². The van der Waals surface area contributed by atoms with Crippen molar-refractivity contribution < 1.29 is 14.5 Å². The summed E-state index contributed by atoms with van der Waals surface area (Å²) in [6.07, 6.45) is 1.13. The standard InChI is InChI=1S/C18H17N7O4/c1-11-6-5-9-14(21-11)22-16-15(25(27)28)17(20-10-19-16)23-24-18(26)12-7-3-4-8-13(12)29-2/h3-10H,1-2H3,(H,24,26)(H2,19,20,21,22,23). The number of aryl methyl sites for hydroxylation is 1. The molecule has 11 heteroatoms. The van der Waals surface area contributed by atoms with Crippen molar-refractivity contribution >= 4 is 29.0 Å². The van der Waals surface area contributed by atoms with Crippen LogP contribution in [-0.2, 0) is 0 Å². The van der Waals surface area contributed by atoms with E-state index >= 15 is 0 Å². The number of carbonyl (C=O) groups is 1. The van der Waals surface area contributed by atoms with E-state index in [9.17, 15) is 14.9 Å². The minimum Gasteiger partial charge on any atom is -0.496 e. The van der Waals surface area contributed by atoms with Crippen molar-refractivity contribution in [1.82, 2.24) is 20.4 Å². The van der Waals surface area contributed by atoms with Crippen LogP contribution in [0.3, 0.4) is 0 Å². The molecule has 1 aromatic carbocycles. The smallest absolute Gasteiger partial charge is 0.355 e. The largest absolute Gasteiger partial charge is 0.496 e. The fourth-order valence-electron chi connectivity index (χ4n) is 2.48. The van der Waals surface area contributed by atoms with Gasteiger partial charge in [0.1, 0.15) is 17.9 Å². The van der Waals surface area contributed by atoms with Crippen LogP contribution < -0.4 is 20.9 Å². The topological polar surface area (TPSA) is 144 Å². The summed E-state index contributed by atoms with van der Waals surface area (Å²) in [7, 11) is 1.44. The summed E-state index contributed by atoms with van der Waals surface area (Å²) in [5.41, 5.74) is 5.39. The van der Waals surface area contributed by atoms with Gasteiger partial charge in [0.05, 0.1) is 17.6 Å². The van der Waals surface area contributed by atoms with Crippen LogP contribution in [0, 0.1) is 17.0 Å². The van der Waals surface area contributed by atoms with Crippen LogP contribution in [-0.4, -0.2) is 32.9 Å². The molecule has 0 spiro atoms. The molecular weight excluding hydrogens is 378 g/mol. The van der Waals surface area contributed by atoms with Crippen LogP contribution in [0.1, 0.15) is 16.1 Å². The van der Waals surface area contributed by atoms with Crippen molar-refractivity contribution in [2.45, 2.75) is 6.92 Å². The lowest BCUT2D eigenvalue weighted by molar-refractivity contribution is -0.383. The van der Waals surface area contributed by atoms with Gasteiger partial charge in [-0.3, -0.25) is 25.8 Å². The van der Waals surface area contributed by atoms with Crippen LogP contribution in [0.15, 0.2) is 48.8 Å². The van der Waals surface area contributed by atoms with Gasteiger partial charge in [-0.25, -0.2) is 15.0 Å². The minimum atomic E-state index is -0.657. The number of hydrogen-bond donors (Lipinski definition) is 3. The number of nitrogens with one attached hydrogen (secondary N) is 3. The van der Waals surface area contributed by atoms with E-state index in [-0.39, 0.29) is 17.2 Å². The Balaban J connectivity index is 1.84. The number of hydrogen-bond acceptors (Lipinski definition) is 9. The van der Waals surface area contributed by atoms with Crippen molar-refractivity contribution in [2.24, 2.45) is 0 Å². The summed E-state index contributed by atoms with van der Waals surface area (Å²) in [6, 6.07) is 11.8. The van der Waals surface area contributed by atoms with E-state index in [4.69, 9.17) is 4.74 Å². The van der Waals surface area contributed by atoms with Crippen LogP contribution in [0.4, 0.5) is 23.1 Å². The molecule has 0 fully saturated rings. The SMILES string of the molecule is COc1ccccc1C(=O)NNc1ncnc(Nc2cccc(C)n2)c1[N+](=O)[O-]. The van der Waals surface area contributed by atoms with Crippen LogP contribution in [0.2, 0.25) is 0 Å². The maximum atomic E-state index is 12.4.